The molecule has 2 aromatic rings. The molecule has 0 fully saturated rings. The molecule has 6 rings (SSSR count). The van der Waals surface area contributed by atoms with Crippen LogP contribution in [0, 0.1) is 11.3 Å². The van der Waals surface area contributed by atoms with Crippen molar-refractivity contribution in [1.82, 2.24) is 0 Å². The maximum absolute atomic E-state index is 13.5. The van der Waals surface area contributed by atoms with Crippen LogP contribution in [0.2, 0.25) is 0 Å². The van der Waals surface area contributed by atoms with Crippen LogP contribution < -0.4 is 20.1 Å². The first-order valence-electron chi connectivity index (χ1n) is 12.5. The lowest BCUT2D eigenvalue weighted by molar-refractivity contribution is -0.116. The average Bonchev–Trinajstić information content (AvgIpc) is 3.10. The van der Waals surface area contributed by atoms with E-state index in [9.17, 15) is 10.1 Å². The Morgan fingerprint density at radius 2 is 1.94 bits per heavy atom. The maximum atomic E-state index is 13.5. The smallest absolute Gasteiger partial charge is 0.161 e. The molecule has 0 bridgehead atoms. The number of methoxy groups -OCH3 is 2. The van der Waals surface area contributed by atoms with Gasteiger partial charge in [-0.1, -0.05) is 12.5 Å². The lowest BCUT2D eigenvalue weighted by Crippen LogP contribution is -2.38. The van der Waals surface area contributed by atoms with Crippen LogP contribution in [-0.4, -0.2) is 25.8 Å². The van der Waals surface area contributed by atoms with Crippen molar-refractivity contribution in [3.8, 4) is 17.6 Å². The summed E-state index contributed by atoms with van der Waals surface area (Å²) in [5.41, 5.74) is 11.7. The van der Waals surface area contributed by atoms with Crippen molar-refractivity contribution in [2.45, 2.75) is 57.3 Å². The lowest BCUT2D eigenvalue weighted by Gasteiger charge is -2.41. The average molecular weight is 501 g/mol. The number of nitriles is 1. The zero-order chi connectivity index (χ0) is 25.0. The predicted octanol–water partition coefficient (Wildman–Crippen LogP) is 5.10. The number of aliphatic imine (C=N–C) groups is 1. The molecule has 7 nitrogen and oxygen atoms in total. The number of hydrogen-bond donors (Lipinski definition) is 1. The van der Waals surface area contributed by atoms with E-state index < -0.39 is 5.92 Å². The van der Waals surface area contributed by atoms with Gasteiger partial charge in [-0.15, -0.1) is 11.3 Å². The molecule has 0 unspecified atom stereocenters. The van der Waals surface area contributed by atoms with Gasteiger partial charge in [-0.25, -0.2) is 4.99 Å². The summed E-state index contributed by atoms with van der Waals surface area (Å²) in [5.74, 6) is 1.73. The third-order valence-electron chi connectivity index (χ3n) is 7.69. The van der Waals surface area contributed by atoms with Gasteiger partial charge in [0.1, 0.15) is 22.3 Å². The van der Waals surface area contributed by atoms with E-state index in [1.807, 2.05) is 12.1 Å². The first-order chi connectivity index (χ1) is 17.6. The van der Waals surface area contributed by atoms with E-state index in [0.29, 0.717) is 40.7 Å². The molecular weight excluding hydrogens is 472 g/mol. The zero-order valence-corrected chi connectivity index (χ0v) is 21.3. The summed E-state index contributed by atoms with van der Waals surface area (Å²) in [6, 6.07) is 7.93. The second-order valence-corrected chi connectivity index (χ2v) is 10.7. The molecule has 2 aliphatic carbocycles. The largest absolute Gasteiger partial charge is 0.497 e. The fourth-order valence-corrected chi connectivity index (χ4v) is 7.48. The van der Waals surface area contributed by atoms with Crippen LogP contribution in [0.4, 0.5) is 5.00 Å². The van der Waals surface area contributed by atoms with Crippen molar-refractivity contribution in [2.24, 2.45) is 10.7 Å². The summed E-state index contributed by atoms with van der Waals surface area (Å²) in [6.07, 6.45) is 7.54. The summed E-state index contributed by atoms with van der Waals surface area (Å²) in [4.78, 5) is 21.9. The fraction of sp³-hybridized carbons (Fsp3) is 0.393. The maximum Gasteiger partial charge on any atom is 0.161 e. The van der Waals surface area contributed by atoms with Gasteiger partial charge in [0.15, 0.2) is 11.6 Å². The third kappa shape index (κ3) is 3.30. The molecule has 0 saturated carbocycles. The van der Waals surface area contributed by atoms with E-state index in [1.165, 1.54) is 23.3 Å². The van der Waals surface area contributed by atoms with Crippen molar-refractivity contribution in [2.75, 3.05) is 19.1 Å². The first kappa shape index (κ1) is 22.9. The Labute approximate surface area is 214 Å². The molecule has 36 heavy (non-hydrogen) atoms. The Morgan fingerprint density at radius 1 is 1.11 bits per heavy atom. The van der Waals surface area contributed by atoms with E-state index in [0.717, 1.165) is 53.9 Å². The number of ether oxygens (including phenoxy) is 2. The van der Waals surface area contributed by atoms with Crippen molar-refractivity contribution in [3.63, 3.8) is 0 Å². The molecule has 0 saturated heterocycles. The lowest BCUT2D eigenvalue weighted by atomic mass is 9.75. The summed E-state index contributed by atoms with van der Waals surface area (Å²) in [7, 11) is 3.19. The highest BCUT2D eigenvalue weighted by Gasteiger charge is 2.45. The Morgan fingerprint density at radius 3 is 2.72 bits per heavy atom. The van der Waals surface area contributed by atoms with Crippen LogP contribution >= 0.6 is 11.3 Å². The van der Waals surface area contributed by atoms with Crippen molar-refractivity contribution in [1.29, 1.82) is 5.26 Å². The summed E-state index contributed by atoms with van der Waals surface area (Å²) in [6.45, 7) is 0. The molecule has 8 heteroatoms. The predicted molar refractivity (Wildman–Crippen MR) is 140 cm³/mol. The number of rotatable bonds is 3. The SMILES string of the molecule is COc1ccc([C@@H]2C(C#N)=C3N=C(N)c4c(sc5c4CCCCC5)N3C3=C2C(=O)CCC3)c(OC)c1. The van der Waals surface area contributed by atoms with Crippen LogP contribution in [0.5, 0.6) is 11.5 Å². The molecule has 0 spiro atoms. The highest BCUT2D eigenvalue weighted by molar-refractivity contribution is 7.17. The Hall–Kier alpha value is -3.57. The molecule has 3 heterocycles. The summed E-state index contributed by atoms with van der Waals surface area (Å²) < 4.78 is 11.1. The number of carbonyl (C=O) groups excluding carboxylic acids is 1. The fourth-order valence-electron chi connectivity index (χ4n) is 6.06. The minimum absolute atomic E-state index is 0.0770. The van der Waals surface area contributed by atoms with Crippen LogP contribution in [-0.2, 0) is 17.6 Å². The number of hydrogen-bond acceptors (Lipinski definition) is 8. The van der Waals surface area contributed by atoms with Gasteiger partial charge in [-0.3, -0.25) is 9.69 Å². The van der Waals surface area contributed by atoms with E-state index in [-0.39, 0.29) is 5.78 Å². The second kappa shape index (κ2) is 8.82. The van der Waals surface area contributed by atoms with E-state index in [4.69, 9.17) is 20.2 Å². The molecule has 2 aliphatic heterocycles. The number of thiophene rings is 1. The zero-order valence-electron chi connectivity index (χ0n) is 20.5. The molecule has 1 aromatic carbocycles. The number of fused-ring (bicyclic) bond motifs is 6. The van der Waals surface area contributed by atoms with Gasteiger partial charge in [-0.2, -0.15) is 5.26 Å². The molecule has 0 radical (unpaired) electrons. The van der Waals surface area contributed by atoms with Crippen LogP contribution in [0.25, 0.3) is 0 Å². The number of aryl methyl sites for hydroxylation is 1. The van der Waals surface area contributed by atoms with Gasteiger partial charge in [0.05, 0.1) is 37.3 Å². The van der Waals surface area contributed by atoms with Crippen LogP contribution in [0.15, 0.2) is 45.9 Å². The monoisotopic (exact) mass is 500 g/mol. The number of nitrogens with zero attached hydrogens (tertiary/aromatic N) is 3. The molecule has 1 aromatic heterocycles. The minimum Gasteiger partial charge on any atom is -0.497 e. The Kier molecular flexibility index (Phi) is 5.60. The van der Waals surface area contributed by atoms with Crippen molar-refractivity contribution >= 4 is 28.0 Å². The number of benzene rings is 1. The third-order valence-corrected chi connectivity index (χ3v) is 8.97. The van der Waals surface area contributed by atoms with Gasteiger partial charge < -0.3 is 15.2 Å². The number of carbonyl (C=O) groups is 1. The number of nitrogens with two attached hydrogens (primary N) is 1. The highest BCUT2D eigenvalue weighted by Crippen LogP contribution is 2.54. The number of ketones is 1. The summed E-state index contributed by atoms with van der Waals surface area (Å²) in [5, 5.41) is 11.5. The summed E-state index contributed by atoms with van der Waals surface area (Å²) >= 11 is 1.75. The van der Waals surface area contributed by atoms with Gasteiger partial charge in [0.25, 0.3) is 0 Å². The molecule has 184 valence electrons. The molecule has 2 N–H and O–H groups in total. The number of allylic oxidation sites excluding steroid dienone is 3. The first-order valence-corrected chi connectivity index (χ1v) is 13.3. The number of amidine groups is 1. The van der Waals surface area contributed by atoms with E-state index in [2.05, 4.69) is 11.0 Å². The van der Waals surface area contributed by atoms with Crippen molar-refractivity contribution < 1.29 is 14.3 Å². The minimum atomic E-state index is -0.569. The van der Waals surface area contributed by atoms with E-state index >= 15 is 0 Å². The second-order valence-electron chi connectivity index (χ2n) is 9.60. The topological polar surface area (TPSA) is 101 Å². The highest BCUT2D eigenvalue weighted by atomic mass is 32.1. The van der Waals surface area contributed by atoms with Gasteiger partial charge in [0.2, 0.25) is 0 Å². The number of anilines is 1. The van der Waals surface area contributed by atoms with Crippen LogP contribution in [0.1, 0.15) is 66.0 Å². The van der Waals surface area contributed by atoms with Gasteiger partial charge in [-0.05, 0) is 50.2 Å². The number of Topliss-reactive ketones (excluding diaryl/α,β-unsaturated/α-hetero) is 1. The Bertz CT molecular complexity index is 1420. The quantitative estimate of drug-likeness (QED) is 0.589. The molecular formula is C28H28N4O3S. The molecule has 4 aliphatic rings. The van der Waals surface area contributed by atoms with Crippen molar-refractivity contribution in [3.05, 3.63) is 62.4 Å². The van der Waals surface area contributed by atoms with E-state index in [1.54, 1.807) is 31.6 Å². The van der Waals surface area contributed by atoms with Gasteiger partial charge in [0, 0.05) is 34.2 Å². The Balaban J connectivity index is 1.62. The molecule has 1 atom stereocenters. The molecule has 0 amide bonds. The van der Waals surface area contributed by atoms with Gasteiger partial charge >= 0.3 is 0 Å². The van der Waals surface area contributed by atoms with Crippen LogP contribution in [0.3, 0.4) is 0 Å². The standard InChI is InChI=1S/C28H28N4O3S/c1-34-15-11-12-16(21(13-15)35-2)23-18(14-29)27-31-26(30)24-17-7-4-3-5-10-22(17)36-28(24)32(27)19-8-6-9-20(33)25(19)23/h11-13,23H,3-10H2,1-2H3,(H2,30,31)/t23-/m1/s1. The normalized spacial score (nSPS) is 21.0.